The van der Waals surface area contributed by atoms with Crippen LogP contribution in [0.4, 0.5) is 0 Å². The van der Waals surface area contributed by atoms with Crippen LogP contribution in [0.1, 0.15) is 22.7 Å². The standard InChI is InChI=1S/C19H22N2O4S/c1-13-6-5-7-15(10-13)17-12-16(20-21(17)26(4,22)23)14-8-9-18(24-2)19(11-14)25-3/h5-12,17,20H,1-4H3/t17-/m1/s1. The number of sulfonamides is 1. The Balaban J connectivity index is 2.05. The molecular formula is C19H22N2O4S. The maximum atomic E-state index is 12.3. The molecule has 0 saturated carbocycles. The van der Waals surface area contributed by atoms with E-state index in [-0.39, 0.29) is 0 Å². The highest BCUT2D eigenvalue weighted by Crippen LogP contribution is 2.36. The number of methoxy groups -OCH3 is 2. The van der Waals surface area contributed by atoms with Crippen molar-refractivity contribution in [1.82, 2.24) is 9.84 Å². The van der Waals surface area contributed by atoms with Gasteiger partial charge in [0.1, 0.15) is 0 Å². The van der Waals surface area contributed by atoms with Gasteiger partial charge < -0.3 is 14.9 Å². The second kappa shape index (κ2) is 7.01. The Bertz CT molecular complexity index is 954. The zero-order valence-electron chi connectivity index (χ0n) is 15.2. The summed E-state index contributed by atoms with van der Waals surface area (Å²) in [4.78, 5) is 0. The van der Waals surface area contributed by atoms with Crippen molar-refractivity contribution in [2.75, 3.05) is 20.5 Å². The highest BCUT2D eigenvalue weighted by Gasteiger charge is 2.33. The molecule has 26 heavy (non-hydrogen) atoms. The van der Waals surface area contributed by atoms with Crippen molar-refractivity contribution in [2.24, 2.45) is 0 Å². The molecule has 7 heteroatoms. The van der Waals surface area contributed by atoms with Crippen molar-refractivity contribution < 1.29 is 17.9 Å². The first kappa shape index (κ1) is 18.3. The third-order valence-electron chi connectivity index (χ3n) is 4.24. The van der Waals surface area contributed by atoms with Gasteiger partial charge in [-0.3, -0.25) is 0 Å². The summed E-state index contributed by atoms with van der Waals surface area (Å²) in [6.07, 6.45) is 3.09. The third-order valence-corrected chi connectivity index (χ3v) is 5.28. The highest BCUT2D eigenvalue weighted by atomic mass is 32.2. The molecule has 0 aromatic heterocycles. The molecule has 1 N–H and O–H groups in total. The largest absolute Gasteiger partial charge is 0.493 e. The third kappa shape index (κ3) is 3.54. The summed E-state index contributed by atoms with van der Waals surface area (Å²) in [6.45, 7) is 1.98. The first-order valence-electron chi connectivity index (χ1n) is 8.10. The number of ether oxygens (including phenoxy) is 2. The number of hydrazine groups is 1. The molecule has 0 amide bonds. The van der Waals surface area contributed by atoms with Gasteiger partial charge in [0.25, 0.3) is 0 Å². The van der Waals surface area contributed by atoms with Gasteiger partial charge in [0.2, 0.25) is 10.0 Å². The molecule has 138 valence electrons. The molecule has 0 fully saturated rings. The van der Waals surface area contributed by atoms with Gasteiger partial charge in [-0.05, 0) is 36.8 Å². The number of hydrogen-bond donors (Lipinski definition) is 1. The van der Waals surface area contributed by atoms with Crippen molar-refractivity contribution in [3.8, 4) is 11.5 Å². The van der Waals surface area contributed by atoms with Crippen LogP contribution in [0.5, 0.6) is 11.5 Å². The predicted octanol–water partition coefficient (Wildman–Crippen LogP) is 2.87. The van der Waals surface area contributed by atoms with Crippen LogP contribution in [0.2, 0.25) is 0 Å². The van der Waals surface area contributed by atoms with Gasteiger partial charge in [-0.15, -0.1) is 4.41 Å². The summed E-state index contributed by atoms with van der Waals surface area (Å²) in [6, 6.07) is 12.9. The number of aryl methyl sites for hydroxylation is 1. The first-order chi connectivity index (χ1) is 12.3. The highest BCUT2D eigenvalue weighted by molar-refractivity contribution is 7.88. The molecule has 6 nitrogen and oxygen atoms in total. The number of nitrogens with one attached hydrogen (secondary N) is 1. The van der Waals surface area contributed by atoms with Gasteiger partial charge >= 0.3 is 0 Å². The molecule has 0 radical (unpaired) electrons. The second-order valence-electron chi connectivity index (χ2n) is 6.18. The van der Waals surface area contributed by atoms with Gasteiger partial charge in [-0.25, -0.2) is 8.42 Å². The SMILES string of the molecule is COc1ccc(C2=C[C@H](c3cccc(C)c3)N(S(C)(=O)=O)N2)cc1OC. The molecule has 2 aromatic carbocycles. The van der Waals surface area contributed by atoms with E-state index in [1.807, 2.05) is 49.4 Å². The Morgan fingerprint density at radius 1 is 1.04 bits per heavy atom. The fourth-order valence-corrected chi connectivity index (χ4v) is 3.85. The first-order valence-corrected chi connectivity index (χ1v) is 9.95. The van der Waals surface area contributed by atoms with E-state index in [0.717, 1.165) is 16.7 Å². The zero-order valence-corrected chi connectivity index (χ0v) is 16.0. The van der Waals surface area contributed by atoms with Crippen molar-refractivity contribution in [2.45, 2.75) is 13.0 Å². The van der Waals surface area contributed by atoms with E-state index in [4.69, 9.17) is 9.47 Å². The van der Waals surface area contributed by atoms with Crippen LogP contribution in [0.25, 0.3) is 5.70 Å². The monoisotopic (exact) mass is 374 g/mol. The van der Waals surface area contributed by atoms with Crippen molar-refractivity contribution >= 4 is 15.7 Å². The Morgan fingerprint density at radius 2 is 1.77 bits per heavy atom. The molecule has 0 bridgehead atoms. The van der Waals surface area contributed by atoms with Crippen LogP contribution >= 0.6 is 0 Å². The van der Waals surface area contributed by atoms with E-state index in [1.54, 1.807) is 20.3 Å². The molecule has 0 saturated heterocycles. The van der Waals surface area contributed by atoms with E-state index in [1.165, 1.54) is 10.7 Å². The molecule has 2 aromatic rings. The Morgan fingerprint density at radius 3 is 2.38 bits per heavy atom. The maximum absolute atomic E-state index is 12.3. The summed E-state index contributed by atoms with van der Waals surface area (Å²) in [5.41, 5.74) is 6.50. The summed E-state index contributed by atoms with van der Waals surface area (Å²) < 4.78 is 36.5. The van der Waals surface area contributed by atoms with Crippen LogP contribution in [0.3, 0.4) is 0 Å². The number of rotatable bonds is 5. The lowest BCUT2D eigenvalue weighted by atomic mass is 10.0. The molecule has 1 aliphatic rings. The van der Waals surface area contributed by atoms with Crippen molar-refractivity contribution in [3.63, 3.8) is 0 Å². The average molecular weight is 374 g/mol. The molecule has 0 unspecified atom stereocenters. The topological polar surface area (TPSA) is 67.9 Å². The summed E-state index contributed by atoms with van der Waals surface area (Å²) >= 11 is 0. The van der Waals surface area contributed by atoms with Gasteiger partial charge in [0.05, 0.1) is 32.2 Å². The summed E-state index contributed by atoms with van der Waals surface area (Å²) in [5, 5.41) is 0. The molecule has 0 aliphatic carbocycles. The summed E-state index contributed by atoms with van der Waals surface area (Å²) in [5.74, 6) is 1.20. The minimum absolute atomic E-state index is 0.423. The zero-order chi connectivity index (χ0) is 18.9. The minimum atomic E-state index is -3.47. The lowest BCUT2D eigenvalue weighted by molar-refractivity contribution is 0.350. The minimum Gasteiger partial charge on any atom is -0.493 e. The van der Waals surface area contributed by atoms with E-state index in [0.29, 0.717) is 17.2 Å². The predicted molar refractivity (Wildman–Crippen MR) is 101 cm³/mol. The van der Waals surface area contributed by atoms with Crippen LogP contribution in [-0.4, -0.2) is 33.3 Å². The fraction of sp³-hybridized carbons (Fsp3) is 0.263. The number of benzene rings is 2. The number of nitrogens with zero attached hydrogens (tertiary/aromatic N) is 1. The van der Waals surface area contributed by atoms with Crippen LogP contribution in [0.15, 0.2) is 48.5 Å². The Hall–Kier alpha value is -2.51. The molecule has 1 heterocycles. The van der Waals surface area contributed by atoms with Gasteiger partial charge in [0, 0.05) is 5.56 Å². The van der Waals surface area contributed by atoms with Crippen molar-refractivity contribution in [3.05, 3.63) is 65.2 Å². The van der Waals surface area contributed by atoms with E-state index >= 15 is 0 Å². The summed E-state index contributed by atoms with van der Waals surface area (Å²) in [7, 11) is -0.329. The second-order valence-corrected chi connectivity index (χ2v) is 8.04. The van der Waals surface area contributed by atoms with Crippen LogP contribution in [0, 0.1) is 6.92 Å². The lowest BCUT2D eigenvalue weighted by Gasteiger charge is -2.23. The number of hydrogen-bond acceptors (Lipinski definition) is 5. The smallest absolute Gasteiger partial charge is 0.228 e. The quantitative estimate of drug-likeness (QED) is 0.872. The maximum Gasteiger partial charge on any atom is 0.228 e. The van der Waals surface area contributed by atoms with Crippen LogP contribution in [-0.2, 0) is 10.0 Å². The van der Waals surface area contributed by atoms with Gasteiger partial charge in [-0.2, -0.15) is 0 Å². The average Bonchev–Trinajstić information content (AvgIpc) is 3.07. The Labute approximate surface area is 154 Å². The lowest BCUT2D eigenvalue weighted by Crippen LogP contribution is -2.38. The normalized spacial score (nSPS) is 17.5. The molecule has 1 atom stereocenters. The molecule has 3 rings (SSSR count). The van der Waals surface area contributed by atoms with Crippen molar-refractivity contribution in [1.29, 1.82) is 0 Å². The molecule has 0 spiro atoms. The van der Waals surface area contributed by atoms with Gasteiger partial charge in [0.15, 0.2) is 11.5 Å². The molecular weight excluding hydrogens is 352 g/mol. The van der Waals surface area contributed by atoms with E-state index in [2.05, 4.69) is 5.43 Å². The van der Waals surface area contributed by atoms with E-state index in [9.17, 15) is 8.42 Å². The van der Waals surface area contributed by atoms with Crippen LogP contribution < -0.4 is 14.9 Å². The molecule has 1 aliphatic heterocycles. The van der Waals surface area contributed by atoms with Gasteiger partial charge in [-0.1, -0.05) is 29.8 Å². The fourth-order valence-electron chi connectivity index (χ4n) is 2.99. The Kier molecular flexibility index (Phi) is 4.93. The van der Waals surface area contributed by atoms with E-state index < -0.39 is 16.1 Å².